The molecule has 0 amide bonds. The van der Waals surface area contributed by atoms with E-state index in [2.05, 4.69) is 47.7 Å². The molecular weight excluding hydrogens is 210 g/mol. The van der Waals surface area contributed by atoms with Crippen LogP contribution in [0.3, 0.4) is 0 Å². The van der Waals surface area contributed by atoms with Crippen LogP contribution in [0.15, 0.2) is 36.7 Å². The van der Waals surface area contributed by atoms with E-state index in [-0.39, 0.29) is 0 Å². The number of nitrogens with zero attached hydrogens (tertiary/aromatic N) is 1. The summed E-state index contributed by atoms with van der Waals surface area (Å²) in [5.74, 6) is 0. The number of nitrogens with one attached hydrogen (secondary N) is 2. The molecule has 0 atom stereocenters. The van der Waals surface area contributed by atoms with Crippen LogP contribution in [-0.2, 0) is 0 Å². The summed E-state index contributed by atoms with van der Waals surface area (Å²) < 4.78 is 0. The average molecular weight is 227 g/mol. The van der Waals surface area contributed by atoms with E-state index in [9.17, 15) is 0 Å². The minimum Gasteiger partial charge on any atom is -0.387 e. The zero-order valence-corrected chi connectivity index (χ0v) is 10.4. The van der Waals surface area contributed by atoms with Gasteiger partial charge in [0.2, 0.25) is 0 Å². The van der Waals surface area contributed by atoms with Crippen LogP contribution < -0.4 is 10.6 Å². The standard InChI is InChI=1S/C14H17N3/c1-10-4-5-11(2)14(6-10)17-13-7-12(15-3)8-16-9-13/h4-9,15,17H,1-3H3. The molecule has 1 aromatic carbocycles. The number of hydrogen-bond donors (Lipinski definition) is 2. The van der Waals surface area contributed by atoms with E-state index in [1.165, 1.54) is 11.1 Å². The molecule has 0 bridgehead atoms. The molecule has 0 aliphatic heterocycles. The Morgan fingerprint density at radius 1 is 1.00 bits per heavy atom. The van der Waals surface area contributed by atoms with Crippen molar-refractivity contribution in [3.05, 3.63) is 47.8 Å². The normalized spacial score (nSPS) is 10.1. The molecule has 0 spiro atoms. The van der Waals surface area contributed by atoms with Crippen molar-refractivity contribution in [3.63, 3.8) is 0 Å². The zero-order valence-electron chi connectivity index (χ0n) is 10.4. The van der Waals surface area contributed by atoms with E-state index < -0.39 is 0 Å². The van der Waals surface area contributed by atoms with Crippen molar-refractivity contribution in [1.29, 1.82) is 0 Å². The molecule has 2 N–H and O–H groups in total. The Hall–Kier alpha value is -2.03. The fourth-order valence-electron chi connectivity index (χ4n) is 1.67. The van der Waals surface area contributed by atoms with E-state index in [1.54, 1.807) is 6.20 Å². The summed E-state index contributed by atoms with van der Waals surface area (Å²) in [6, 6.07) is 8.41. The number of aromatic nitrogens is 1. The first-order valence-corrected chi connectivity index (χ1v) is 5.66. The van der Waals surface area contributed by atoms with Gasteiger partial charge in [-0.3, -0.25) is 4.98 Å². The Kier molecular flexibility index (Phi) is 3.28. The Morgan fingerprint density at radius 3 is 2.53 bits per heavy atom. The monoisotopic (exact) mass is 227 g/mol. The second kappa shape index (κ2) is 4.87. The van der Waals surface area contributed by atoms with E-state index in [0.29, 0.717) is 0 Å². The van der Waals surface area contributed by atoms with Gasteiger partial charge in [0.1, 0.15) is 0 Å². The molecule has 0 aliphatic carbocycles. The van der Waals surface area contributed by atoms with Crippen molar-refractivity contribution in [1.82, 2.24) is 4.98 Å². The summed E-state index contributed by atoms with van der Waals surface area (Å²) in [4.78, 5) is 4.18. The largest absolute Gasteiger partial charge is 0.387 e. The number of hydrogen-bond acceptors (Lipinski definition) is 3. The number of benzene rings is 1. The van der Waals surface area contributed by atoms with Crippen LogP contribution in [-0.4, -0.2) is 12.0 Å². The van der Waals surface area contributed by atoms with Gasteiger partial charge in [0.05, 0.1) is 23.8 Å². The molecule has 2 rings (SSSR count). The highest BCUT2D eigenvalue weighted by Gasteiger charge is 2.00. The second-order valence-corrected chi connectivity index (χ2v) is 4.16. The molecule has 0 aliphatic rings. The molecule has 0 radical (unpaired) electrons. The molecule has 88 valence electrons. The van der Waals surface area contributed by atoms with Crippen molar-refractivity contribution in [2.75, 3.05) is 17.7 Å². The van der Waals surface area contributed by atoms with Crippen LogP contribution in [0.5, 0.6) is 0 Å². The molecule has 1 heterocycles. The quantitative estimate of drug-likeness (QED) is 0.842. The van der Waals surface area contributed by atoms with Crippen molar-refractivity contribution < 1.29 is 0 Å². The SMILES string of the molecule is CNc1cncc(Nc2cc(C)ccc2C)c1. The number of rotatable bonds is 3. The lowest BCUT2D eigenvalue weighted by Gasteiger charge is -2.11. The molecule has 0 saturated heterocycles. The molecule has 1 aromatic heterocycles. The van der Waals surface area contributed by atoms with Gasteiger partial charge in [-0.15, -0.1) is 0 Å². The van der Waals surface area contributed by atoms with E-state index >= 15 is 0 Å². The third-order valence-corrected chi connectivity index (χ3v) is 2.70. The third-order valence-electron chi connectivity index (χ3n) is 2.70. The van der Waals surface area contributed by atoms with Crippen molar-refractivity contribution in [3.8, 4) is 0 Å². The molecule has 2 aromatic rings. The van der Waals surface area contributed by atoms with Gasteiger partial charge >= 0.3 is 0 Å². The molecule has 0 saturated carbocycles. The first-order chi connectivity index (χ1) is 8.19. The first kappa shape index (κ1) is 11.5. The minimum absolute atomic E-state index is 0.991. The summed E-state index contributed by atoms with van der Waals surface area (Å²) in [5.41, 5.74) is 5.59. The predicted molar refractivity (Wildman–Crippen MR) is 73.0 cm³/mol. The van der Waals surface area contributed by atoms with Crippen LogP contribution in [0.1, 0.15) is 11.1 Å². The predicted octanol–water partition coefficient (Wildman–Crippen LogP) is 3.48. The number of aryl methyl sites for hydroxylation is 2. The highest BCUT2D eigenvalue weighted by atomic mass is 14.9. The maximum absolute atomic E-state index is 4.18. The van der Waals surface area contributed by atoms with Gasteiger partial charge in [-0.1, -0.05) is 12.1 Å². The van der Waals surface area contributed by atoms with Gasteiger partial charge in [0.25, 0.3) is 0 Å². The first-order valence-electron chi connectivity index (χ1n) is 5.66. The van der Waals surface area contributed by atoms with Crippen molar-refractivity contribution in [2.45, 2.75) is 13.8 Å². The zero-order chi connectivity index (χ0) is 12.3. The second-order valence-electron chi connectivity index (χ2n) is 4.16. The van der Waals surface area contributed by atoms with E-state index in [0.717, 1.165) is 17.1 Å². The summed E-state index contributed by atoms with van der Waals surface area (Å²) >= 11 is 0. The smallest absolute Gasteiger partial charge is 0.0591 e. The highest BCUT2D eigenvalue weighted by Crippen LogP contribution is 2.22. The third kappa shape index (κ3) is 2.75. The van der Waals surface area contributed by atoms with Gasteiger partial charge in [0, 0.05) is 12.7 Å². The van der Waals surface area contributed by atoms with Crippen molar-refractivity contribution in [2.24, 2.45) is 0 Å². The van der Waals surface area contributed by atoms with Gasteiger partial charge in [-0.05, 0) is 37.1 Å². The lowest BCUT2D eigenvalue weighted by molar-refractivity contribution is 1.30. The van der Waals surface area contributed by atoms with E-state index in [1.807, 2.05) is 19.3 Å². The van der Waals surface area contributed by atoms with Crippen LogP contribution in [0, 0.1) is 13.8 Å². The summed E-state index contributed by atoms with van der Waals surface area (Å²) in [6.45, 7) is 4.18. The Bertz CT molecular complexity index is 521. The molecular formula is C14H17N3. The van der Waals surface area contributed by atoms with Gasteiger partial charge in [-0.25, -0.2) is 0 Å². The van der Waals surface area contributed by atoms with E-state index in [4.69, 9.17) is 0 Å². The van der Waals surface area contributed by atoms with Crippen LogP contribution in [0.4, 0.5) is 17.1 Å². The molecule has 0 fully saturated rings. The molecule has 17 heavy (non-hydrogen) atoms. The fraction of sp³-hybridized carbons (Fsp3) is 0.214. The van der Waals surface area contributed by atoms with Crippen LogP contribution in [0.2, 0.25) is 0 Å². The Labute approximate surface area is 102 Å². The Morgan fingerprint density at radius 2 is 1.76 bits per heavy atom. The fourth-order valence-corrected chi connectivity index (χ4v) is 1.67. The summed E-state index contributed by atoms with van der Waals surface area (Å²) in [6.07, 6.45) is 3.62. The molecule has 3 heteroatoms. The summed E-state index contributed by atoms with van der Waals surface area (Å²) in [7, 11) is 1.89. The lowest BCUT2D eigenvalue weighted by Crippen LogP contribution is -1.96. The summed E-state index contributed by atoms with van der Waals surface area (Å²) in [5, 5.41) is 6.46. The van der Waals surface area contributed by atoms with Gasteiger partial charge in [-0.2, -0.15) is 0 Å². The number of anilines is 3. The molecule has 0 unspecified atom stereocenters. The topological polar surface area (TPSA) is 37.0 Å². The van der Waals surface area contributed by atoms with Crippen LogP contribution >= 0.6 is 0 Å². The van der Waals surface area contributed by atoms with Gasteiger partial charge < -0.3 is 10.6 Å². The minimum atomic E-state index is 0.991. The lowest BCUT2D eigenvalue weighted by atomic mass is 10.1. The average Bonchev–Trinajstić information content (AvgIpc) is 2.34. The van der Waals surface area contributed by atoms with Crippen molar-refractivity contribution >= 4 is 17.1 Å². The Balaban J connectivity index is 2.27. The van der Waals surface area contributed by atoms with Crippen LogP contribution in [0.25, 0.3) is 0 Å². The van der Waals surface area contributed by atoms with Gasteiger partial charge in [0.15, 0.2) is 0 Å². The number of pyridine rings is 1. The maximum Gasteiger partial charge on any atom is 0.0591 e. The maximum atomic E-state index is 4.18. The highest BCUT2D eigenvalue weighted by molar-refractivity contribution is 5.65. The molecule has 3 nitrogen and oxygen atoms in total.